The second kappa shape index (κ2) is 6.36. The van der Waals surface area contributed by atoms with Gasteiger partial charge in [0.1, 0.15) is 0 Å². The summed E-state index contributed by atoms with van der Waals surface area (Å²) in [6, 6.07) is 9.42. The fourth-order valence-electron chi connectivity index (χ4n) is 3.83. The minimum atomic E-state index is 0. The van der Waals surface area contributed by atoms with Crippen molar-refractivity contribution < 1.29 is 0 Å². The molecule has 1 saturated carbocycles. The molecule has 3 rings (SSSR count). The van der Waals surface area contributed by atoms with E-state index in [0.29, 0.717) is 5.41 Å². The van der Waals surface area contributed by atoms with Crippen LogP contribution in [0.1, 0.15) is 51.0 Å². The molecule has 1 aromatic carbocycles. The molecular weight excluding hydrogens is 268 g/mol. The molecule has 0 bridgehead atoms. The lowest BCUT2D eigenvalue weighted by Crippen LogP contribution is -2.45. The number of nitrogens with zero attached hydrogens (tertiary/aromatic N) is 1. The van der Waals surface area contributed by atoms with Gasteiger partial charge in [0.15, 0.2) is 0 Å². The molecule has 1 aliphatic carbocycles. The second-order valence-electron chi connectivity index (χ2n) is 6.66. The van der Waals surface area contributed by atoms with Crippen molar-refractivity contribution in [3.63, 3.8) is 0 Å². The van der Waals surface area contributed by atoms with Crippen LogP contribution in [0.25, 0.3) is 0 Å². The first-order valence-electron chi connectivity index (χ1n) is 7.77. The van der Waals surface area contributed by atoms with Crippen molar-refractivity contribution in [3.05, 3.63) is 29.8 Å². The Morgan fingerprint density at radius 3 is 2.15 bits per heavy atom. The van der Waals surface area contributed by atoms with Crippen LogP contribution in [0.4, 0.5) is 5.69 Å². The van der Waals surface area contributed by atoms with Gasteiger partial charge in [0.25, 0.3) is 0 Å². The topological polar surface area (TPSA) is 29.3 Å². The van der Waals surface area contributed by atoms with Crippen LogP contribution in [0.3, 0.4) is 0 Å². The van der Waals surface area contributed by atoms with Crippen LogP contribution in [-0.2, 0) is 5.41 Å². The van der Waals surface area contributed by atoms with Gasteiger partial charge in [-0.1, -0.05) is 31.9 Å². The number of halogens is 1. The van der Waals surface area contributed by atoms with Crippen molar-refractivity contribution >= 4 is 18.1 Å². The predicted octanol–water partition coefficient (Wildman–Crippen LogP) is 3.99. The highest BCUT2D eigenvalue weighted by atomic mass is 35.5. The van der Waals surface area contributed by atoms with E-state index in [2.05, 4.69) is 24.0 Å². The number of nitrogen functional groups attached to an aromatic ring is 1. The molecule has 0 spiro atoms. The summed E-state index contributed by atoms with van der Waals surface area (Å²) in [5.41, 5.74) is 8.48. The van der Waals surface area contributed by atoms with E-state index in [-0.39, 0.29) is 12.4 Å². The molecule has 0 unspecified atom stereocenters. The number of rotatable bonds is 2. The van der Waals surface area contributed by atoms with Gasteiger partial charge in [-0.3, -0.25) is 0 Å². The zero-order chi connectivity index (χ0) is 13.3. The molecule has 0 atom stereocenters. The van der Waals surface area contributed by atoms with E-state index in [4.69, 9.17) is 5.73 Å². The van der Waals surface area contributed by atoms with Crippen molar-refractivity contribution in [3.8, 4) is 0 Å². The van der Waals surface area contributed by atoms with E-state index in [1.165, 1.54) is 57.2 Å². The number of benzene rings is 1. The van der Waals surface area contributed by atoms with Crippen molar-refractivity contribution in [2.75, 3.05) is 18.8 Å². The zero-order valence-electron chi connectivity index (χ0n) is 12.5. The fraction of sp³-hybridized carbons (Fsp3) is 0.647. The van der Waals surface area contributed by atoms with Crippen LogP contribution in [0.2, 0.25) is 0 Å². The van der Waals surface area contributed by atoms with Crippen molar-refractivity contribution in [2.24, 2.45) is 0 Å². The summed E-state index contributed by atoms with van der Waals surface area (Å²) in [4.78, 5) is 2.74. The predicted molar refractivity (Wildman–Crippen MR) is 88.5 cm³/mol. The Labute approximate surface area is 129 Å². The van der Waals surface area contributed by atoms with Crippen molar-refractivity contribution in [2.45, 2.75) is 56.9 Å². The molecule has 0 amide bonds. The standard InChI is InChI=1S/C17H26N2.ClH/c1-17(14-6-8-15(18)9-7-14)10-12-19(13-11-17)16-4-2-3-5-16;/h6-9,16H,2-5,10-13,18H2,1H3;1H. The summed E-state index contributed by atoms with van der Waals surface area (Å²) in [6.45, 7) is 4.96. The minimum absolute atomic E-state index is 0. The number of hydrogen-bond donors (Lipinski definition) is 1. The van der Waals surface area contributed by atoms with Crippen LogP contribution in [0, 0.1) is 0 Å². The lowest BCUT2D eigenvalue weighted by Gasteiger charge is -2.42. The van der Waals surface area contributed by atoms with Gasteiger partial charge in [0.05, 0.1) is 0 Å². The first-order chi connectivity index (χ1) is 9.17. The summed E-state index contributed by atoms with van der Waals surface area (Å²) in [6.07, 6.45) is 8.31. The first-order valence-corrected chi connectivity index (χ1v) is 7.77. The van der Waals surface area contributed by atoms with E-state index in [1.807, 2.05) is 12.1 Å². The van der Waals surface area contributed by atoms with Crippen LogP contribution in [0.15, 0.2) is 24.3 Å². The van der Waals surface area contributed by atoms with Crippen LogP contribution < -0.4 is 5.73 Å². The van der Waals surface area contributed by atoms with Crippen molar-refractivity contribution in [1.29, 1.82) is 0 Å². The average molecular weight is 295 g/mol. The molecule has 20 heavy (non-hydrogen) atoms. The van der Waals surface area contributed by atoms with Gasteiger partial charge in [0.2, 0.25) is 0 Å². The molecule has 2 nitrogen and oxygen atoms in total. The van der Waals surface area contributed by atoms with Gasteiger partial charge in [-0.15, -0.1) is 12.4 Å². The molecule has 1 aliphatic heterocycles. The van der Waals surface area contributed by atoms with E-state index < -0.39 is 0 Å². The Morgan fingerprint density at radius 1 is 1.05 bits per heavy atom. The van der Waals surface area contributed by atoms with Gasteiger partial charge < -0.3 is 10.6 Å². The average Bonchev–Trinajstić information content (AvgIpc) is 2.94. The zero-order valence-corrected chi connectivity index (χ0v) is 13.3. The molecule has 1 aromatic rings. The van der Waals surface area contributed by atoms with Gasteiger partial charge in [-0.2, -0.15) is 0 Å². The Kier molecular flexibility index (Phi) is 4.98. The number of piperidine rings is 1. The molecule has 1 heterocycles. The largest absolute Gasteiger partial charge is 0.399 e. The van der Waals surface area contributed by atoms with Gasteiger partial charge in [-0.25, -0.2) is 0 Å². The molecule has 2 fully saturated rings. The van der Waals surface area contributed by atoms with E-state index in [1.54, 1.807) is 0 Å². The third kappa shape index (κ3) is 3.12. The number of anilines is 1. The minimum Gasteiger partial charge on any atom is -0.399 e. The normalized spacial score (nSPS) is 23.4. The molecule has 1 saturated heterocycles. The smallest absolute Gasteiger partial charge is 0.0314 e. The SMILES string of the molecule is CC1(c2ccc(N)cc2)CCN(C2CCCC2)CC1.Cl. The summed E-state index contributed by atoms with van der Waals surface area (Å²) in [7, 11) is 0. The third-order valence-electron chi connectivity index (χ3n) is 5.35. The molecule has 112 valence electrons. The number of hydrogen-bond acceptors (Lipinski definition) is 2. The maximum atomic E-state index is 5.80. The quantitative estimate of drug-likeness (QED) is 0.836. The second-order valence-corrected chi connectivity index (χ2v) is 6.66. The fourth-order valence-corrected chi connectivity index (χ4v) is 3.83. The Morgan fingerprint density at radius 2 is 1.60 bits per heavy atom. The van der Waals surface area contributed by atoms with Gasteiger partial charge in [0, 0.05) is 11.7 Å². The summed E-state index contributed by atoms with van der Waals surface area (Å²) < 4.78 is 0. The third-order valence-corrected chi connectivity index (χ3v) is 5.35. The van der Waals surface area contributed by atoms with Crippen LogP contribution in [0.5, 0.6) is 0 Å². The molecule has 0 aromatic heterocycles. The number of nitrogens with two attached hydrogens (primary N) is 1. The summed E-state index contributed by atoms with van der Waals surface area (Å²) >= 11 is 0. The van der Waals surface area contributed by atoms with Crippen LogP contribution in [-0.4, -0.2) is 24.0 Å². The Balaban J connectivity index is 0.00000147. The maximum absolute atomic E-state index is 5.80. The van der Waals surface area contributed by atoms with E-state index in [9.17, 15) is 0 Å². The molecule has 2 aliphatic rings. The monoisotopic (exact) mass is 294 g/mol. The lowest BCUT2D eigenvalue weighted by atomic mass is 9.74. The first kappa shape index (κ1) is 15.7. The number of likely N-dealkylation sites (tertiary alicyclic amines) is 1. The molecule has 0 radical (unpaired) electrons. The highest BCUT2D eigenvalue weighted by molar-refractivity contribution is 5.85. The van der Waals surface area contributed by atoms with Crippen LogP contribution >= 0.6 is 12.4 Å². The maximum Gasteiger partial charge on any atom is 0.0314 e. The summed E-state index contributed by atoms with van der Waals surface area (Å²) in [5, 5.41) is 0. The molecular formula is C17H27ClN2. The molecule has 2 N–H and O–H groups in total. The Bertz CT molecular complexity index is 415. The van der Waals surface area contributed by atoms with E-state index in [0.717, 1.165) is 11.7 Å². The van der Waals surface area contributed by atoms with Crippen molar-refractivity contribution in [1.82, 2.24) is 4.90 Å². The van der Waals surface area contributed by atoms with Gasteiger partial charge >= 0.3 is 0 Å². The van der Waals surface area contributed by atoms with E-state index >= 15 is 0 Å². The van der Waals surface area contributed by atoms with Gasteiger partial charge in [-0.05, 0) is 61.9 Å². The highest BCUT2D eigenvalue weighted by Gasteiger charge is 2.34. The lowest BCUT2D eigenvalue weighted by molar-refractivity contribution is 0.123. The summed E-state index contributed by atoms with van der Waals surface area (Å²) in [5.74, 6) is 0. The Hall–Kier alpha value is -0.730. The molecule has 3 heteroatoms. The highest BCUT2D eigenvalue weighted by Crippen LogP contribution is 2.37.